The molecule has 1 saturated heterocycles. The van der Waals surface area contributed by atoms with Crippen molar-refractivity contribution in [1.29, 1.82) is 0 Å². The lowest BCUT2D eigenvalue weighted by molar-refractivity contribution is 0.0224. The van der Waals surface area contributed by atoms with Gasteiger partial charge in [0.15, 0.2) is 5.60 Å². The zero-order chi connectivity index (χ0) is 25.1. The summed E-state index contributed by atoms with van der Waals surface area (Å²) in [6, 6.07) is 28.2. The smallest absolute Gasteiger partial charge is 0.340 e. The third-order valence-corrected chi connectivity index (χ3v) is 7.88. The SMILES string of the molecule is Cc1cc2c(cc1Nc1ccccc1)C1(OC(=O)c3ccccc31)c1ccc(N3CCC(C)C3)cc1O2. The molecule has 5 nitrogen and oxygen atoms in total. The van der Waals surface area contributed by atoms with Crippen LogP contribution in [0.15, 0.2) is 84.9 Å². The van der Waals surface area contributed by atoms with Crippen LogP contribution < -0.4 is 15.0 Å². The van der Waals surface area contributed by atoms with Gasteiger partial charge in [0.25, 0.3) is 0 Å². The summed E-state index contributed by atoms with van der Waals surface area (Å²) in [5, 5.41) is 3.54. The highest BCUT2D eigenvalue weighted by Crippen LogP contribution is 2.57. The minimum Gasteiger partial charge on any atom is -0.456 e. The van der Waals surface area contributed by atoms with Crippen molar-refractivity contribution >= 4 is 23.0 Å². The van der Waals surface area contributed by atoms with Gasteiger partial charge >= 0.3 is 5.97 Å². The number of hydrogen-bond donors (Lipinski definition) is 1. The van der Waals surface area contributed by atoms with E-state index in [1.54, 1.807) is 0 Å². The van der Waals surface area contributed by atoms with Crippen LogP contribution in [0.3, 0.4) is 0 Å². The summed E-state index contributed by atoms with van der Waals surface area (Å²) in [6.07, 6.45) is 1.19. The number of hydrogen-bond acceptors (Lipinski definition) is 5. The standard InChI is InChI=1S/C32H28N2O3/c1-20-14-15-34(19-20)23-12-13-26-30(17-23)36-29-16-21(2)28(33-22-8-4-3-5-9-22)18-27(29)32(26)25-11-7-6-10-24(25)31(35)37-32/h3-13,16-18,20,33H,14-15,19H2,1-2H3. The summed E-state index contributed by atoms with van der Waals surface area (Å²) < 4.78 is 13.0. The summed E-state index contributed by atoms with van der Waals surface area (Å²) in [6.45, 7) is 6.42. The second-order valence-corrected chi connectivity index (χ2v) is 10.4. The molecule has 3 aliphatic heterocycles. The average molecular weight is 489 g/mol. The number of carbonyl (C=O) groups is 1. The minimum atomic E-state index is -1.08. The maximum Gasteiger partial charge on any atom is 0.340 e. The molecule has 7 rings (SSSR count). The topological polar surface area (TPSA) is 50.8 Å². The van der Waals surface area contributed by atoms with Gasteiger partial charge in [-0.1, -0.05) is 43.3 Å². The lowest BCUT2D eigenvalue weighted by Crippen LogP contribution is -2.33. The van der Waals surface area contributed by atoms with E-state index in [9.17, 15) is 4.79 Å². The molecule has 1 N–H and O–H groups in total. The third kappa shape index (κ3) is 3.34. The number of aryl methyl sites for hydroxylation is 1. The number of rotatable bonds is 3. The van der Waals surface area contributed by atoms with E-state index >= 15 is 0 Å². The molecule has 4 aromatic carbocycles. The molecular formula is C32H28N2O3. The first-order chi connectivity index (χ1) is 18.0. The van der Waals surface area contributed by atoms with Crippen LogP contribution in [-0.2, 0) is 10.3 Å². The molecule has 1 fully saturated rings. The Morgan fingerprint density at radius 3 is 2.49 bits per heavy atom. The van der Waals surface area contributed by atoms with Gasteiger partial charge in [-0.25, -0.2) is 4.79 Å². The van der Waals surface area contributed by atoms with Crippen molar-refractivity contribution in [3.05, 3.63) is 113 Å². The lowest BCUT2D eigenvalue weighted by Gasteiger charge is -2.37. The van der Waals surface area contributed by atoms with Crippen molar-refractivity contribution in [2.24, 2.45) is 5.92 Å². The van der Waals surface area contributed by atoms with E-state index in [4.69, 9.17) is 9.47 Å². The maximum atomic E-state index is 13.2. The number of anilines is 3. The summed E-state index contributed by atoms with van der Waals surface area (Å²) in [4.78, 5) is 15.6. The van der Waals surface area contributed by atoms with Gasteiger partial charge in [-0.2, -0.15) is 0 Å². The fourth-order valence-electron chi connectivity index (χ4n) is 5.99. The van der Waals surface area contributed by atoms with Crippen LogP contribution in [0.4, 0.5) is 17.1 Å². The highest BCUT2D eigenvalue weighted by Gasteiger charge is 2.53. The fraction of sp³-hybridized carbons (Fsp3) is 0.219. The normalized spacial score (nSPS) is 21.2. The molecule has 2 unspecified atom stereocenters. The van der Waals surface area contributed by atoms with Gasteiger partial charge in [0.1, 0.15) is 11.5 Å². The Bertz CT molecular complexity index is 1550. The van der Waals surface area contributed by atoms with Crippen LogP contribution in [0.2, 0.25) is 0 Å². The zero-order valence-electron chi connectivity index (χ0n) is 21.0. The summed E-state index contributed by atoms with van der Waals surface area (Å²) in [7, 11) is 0. The molecule has 2 atom stereocenters. The van der Waals surface area contributed by atoms with Gasteiger partial charge < -0.3 is 19.7 Å². The van der Waals surface area contributed by atoms with Crippen molar-refractivity contribution in [3.8, 4) is 11.5 Å². The molecule has 4 aromatic rings. The predicted octanol–water partition coefficient (Wildman–Crippen LogP) is 7.15. The van der Waals surface area contributed by atoms with E-state index in [1.165, 1.54) is 6.42 Å². The number of ether oxygens (including phenoxy) is 2. The van der Waals surface area contributed by atoms with Gasteiger partial charge in [-0.05, 0) is 67.3 Å². The second kappa shape index (κ2) is 8.13. The number of nitrogens with zero attached hydrogens (tertiary/aromatic N) is 1. The number of esters is 1. The Hall–Kier alpha value is -4.25. The molecule has 0 radical (unpaired) electrons. The first kappa shape index (κ1) is 22.0. The van der Waals surface area contributed by atoms with Crippen LogP contribution in [0, 0.1) is 12.8 Å². The first-order valence-electron chi connectivity index (χ1n) is 12.9. The Morgan fingerprint density at radius 1 is 0.892 bits per heavy atom. The maximum absolute atomic E-state index is 13.2. The van der Waals surface area contributed by atoms with Crippen LogP contribution in [0.25, 0.3) is 0 Å². The monoisotopic (exact) mass is 488 g/mol. The molecule has 0 amide bonds. The Balaban J connectivity index is 1.43. The van der Waals surface area contributed by atoms with E-state index in [-0.39, 0.29) is 5.97 Å². The Labute approximate surface area is 216 Å². The molecule has 3 aliphatic rings. The molecule has 184 valence electrons. The summed E-state index contributed by atoms with van der Waals surface area (Å²) >= 11 is 0. The summed E-state index contributed by atoms with van der Waals surface area (Å²) in [5.41, 5.74) is 6.16. The molecule has 5 heteroatoms. The van der Waals surface area contributed by atoms with Gasteiger partial charge in [0.05, 0.1) is 5.56 Å². The summed E-state index contributed by atoms with van der Waals surface area (Å²) in [5.74, 6) is 1.80. The zero-order valence-corrected chi connectivity index (χ0v) is 21.0. The molecule has 3 heterocycles. The van der Waals surface area contributed by atoms with E-state index in [1.807, 2.05) is 60.7 Å². The van der Waals surface area contributed by atoms with E-state index in [2.05, 4.69) is 48.3 Å². The third-order valence-electron chi connectivity index (χ3n) is 7.88. The Kier molecular flexibility index (Phi) is 4.83. The van der Waals surface area contributed by atoms with E-state index in [0.29, 0.717) is 17.2 Å². The molecule has 0 saturated carbocycles. The minimum absolute atomic E-state index is 0.315. The van der Waals surface area contributed by atoms with Crippen LogP contribution in [0.1, 0.15) is 46.0 Å². The van der Waals surface area contributed by atoms with Gasteiger partial charge in [0.2, 0.25) is 0 Å². The van der Waals surface area contributed by atoms with E-state index < -0.39 is 5.60 Å². The lowest BCUT2D eigenvalue weighted by atomic mass is 9.77. The fourth-order valence-corrected chi connectivity index (χ4v) is 5.99. The quantitative estimate of drug-likeness (QED) is 0.310. The second-order valence-electron chi connectivity index (χ2n) is 10.4. The van der Waals surface area contributed by atoms with Crippen molar-refractivity contribution in [1.82, 2.24) is 0 Å². The van der Waals surface area contributed by atoms with Crippen LogP contribution in [-0.4, -0.2) is 19.1 Å². The molecule has 0 aromatic heterocycles. The molecule has 1 spiro atoms. The number of benzene rings is 4. The number of carbonyl (C=O) groups excluding carboxylic acids is 1. The molecule has 37 heavy (non-hydrogen) atoms. The van der Waals surface area contributed by atoms with E-state index in [0.717, 1.165) is 58.2 Å². The predicted molar refractivity (Wildman–Crippen MR) is 145 cm³/mol. The van der Waals surface area contributed by atoms with Crippen molar-refractivity contribution in [2.75, 3.05) is 23.3 Å². The molecule has 0 aliphatic carbocycles. The number of fused-ring (bicyclic) bond motifs is 6. The molecule has 0 bridgehead atoms. The molecular weight excluding hydrogens is 460 g/mol. The van der Waals surface area contributed by atoms with Crippen LogP contribution in [0.5, 0.6) is 11.5 Å². The highest BCUT2D eigenvalue weighted by molar-refractivity contribution is 5.97. The largest absolute Gasteiger partial charge is 0.456 e. The first-order valence-corrected chi connectivity index (χ1v) is 12.9. The van der Waals surface area contributed by atoms with Gasteiger partial charge in [-0.15, -0.1) is 0 Å². The highest BCUT2D eigenvalue weighted by atomic mass is 16.6. The number of nitrogens with one attached hydrogen (secondary N) is 1. The van der Waals surface area contributed by atoms with Crippen molar-refractivity contribution in [3.63, 3.8) is 0 Å². The Morgan fingerprint density at radius 2 is 1.68 bits per heavy atom. The van der Waals surface area contributed by atoms with Gasteiger partial charge in [0, 0.05) is 52.9 Å². The van der Waals surface area contributed by atoms with Crippen molar-refractivity contribution in [2.45, 2.75) is 25.9 Å². The average Bonchev–Trinajstić information content (AvgIpc) is 3.47. The van der Waals surface area contributed by atoms with Crippen molar-refractivity contribution < 1.29 is 14.3 Å². The van der Waals surface area contributed by atoms with Crippen LogP contribution >= 0.6 is 0 Å². The number of para-hydroxylation sites is 1. The van der Waals surface area contributed by atoms with Gasteiger partial charge in [-0.3, -0.25) is 0 Å².